The van der Waals surface area contributed by atoms with Crippen molar-refractivity contribution in [1.29, 1.82) is 0 Å². The Morgan fingerprint density at radius 2 is 1.17 bits per heavy atom. The molecule has 0 fully saturated rings. The summed E-state index contributed by atoms with van der Waals surface area (Å²) in [7, 11) is 0. The largest absolute Gasteiger partial charge is 0.0537 e. The minimum Gasteiger partial charge on any atom is -0.0537 e. The molecule has 0 heteroatoms. The van der Waals surface area contributed by atoms with Crippen molar-refractivity contribution in [3.05, 3.63) is 48.5 Å². The van der Waals surface area contributed by atoms with E-state index < -0.39 is 0 Å². The van der Waals surface area contributed by atoms with Crippen LogP contribution in [0.3, 0.4) is 0 Å². The van der Waals surface area contributed by atoms with Gasteiger partial charge in [0, 0.05) is 0 Å². The Balaban J connectivity index is 2.34. The molecule has 0 spiro atoms. The van der Waals surface area contributed by atoms with Gasteiger partial charge in [-0.05, 0) is 46.5 Å². The van der Waals surface area contributed by atoms with Crippen LogP contribution in [0, 0.1) is 12.1 Å². The van der Waals surface area contributed by atoms with Gasteiger partial charge in [0.25, 0.3) is 0 Å². The average Bonchev–Trinajstić information content (AvgIpc) is 2.14. The van der Waals surface area contributed by atoms with Gasteiger partial charge in [-0.3, -0.25) is 0 Å². The van der Waals surface area contributed by atoms with Crippen LogP contribution in [0.2, 0.25) is 0 Å². The van der Waals surface area contributed by atoms with E-state index in [0.29, 0.717) is 0 Å². The van der Waals surface area contributed by atoms with Crippen molar-refractivity contribution >= 4 is 0 Å². The topological polar surface area (TPSA) is 0 Å². The highest BCUT2D eigenvalue weighted by Gasteiger charge is 2.19. The van der Waals surface area contributed by atoms with E-state index in [1.807, 2.05) is 24.3 Å². The Morgan fingerprint density at radius 1 is 0.667 bits per heavy atom. The van der Waals surface area contributed by atoms with Crippen molar-refractivity contribution < 1.29 is 0 Å². The van der Waals surface area contributed by atoms with Gasteiger partial charge in [0.1, 0.15) is 0 Å². The maximum absolute atomic E-state index is 3.08. The fraction of sp³-hybridized carbons (Fsp3) is 0. The van der Waals surface area contributed by atoms with Gasteiger partial charge < -0.3 is 0 Å². The van der Waals surface area contributed by atoms with Crippen LogP contribution >= 0.6 is 0 Å². The first-order valence-corrected chi connectivity index (χ1v) is 3.98. The number of benzene rings is 2. The predicted molar refractivity (Wildman–Crippen MR) is 48.5 cm³/mol. The summed E-state index contributed by atoms with van der Waals surface area (Å²) in [6.45, 7) is 0. The molecule has 0 unspecified atom stereocenters. The molecule has 0 amide bonds. The lowest BCUT2D eigenvalue weighted by atomic mass is 9.81. The summed E-state index contributed by atoms with van der Waals surface area (Å²) in [4.78, 5) is 0. The summed E-state index contributed by atoms with van der Waals surface area (Å²) in [6.07, 6.45) is 0. The zero-order valence-electron chi connectivity index (χ0n) is 6.46. The van der Waals surface area contributed by atoms with E-state index in [1.54, 1.807) is 0 Å². The summed E-state index contributed by atoms with van der Waals surface area (Å²) in [5.74, 6) is 0. The molecule has 0 aliphatic heterocycles. The molecule has 0 heterocycles. The second-order valence-corrected chi connectivity index (χ2v) is 2.94. The van der Waals surface area contributed by atoms with Gasteiger partial charge in [0.15, 0.2) is 0 Å². The molecule has 0 saturated carbocycles. The van der Waals surface area contributed by atoms with Gasteiger partial charge in [-0.1, -0.05) is 24.3 Å². The summed E-state index contributed by atoms with van der Waals surface area (Å²) in [5, 5.41) is 0. The SMILES string of the molecule is [c]1ccc2c(c1)-c1c[c]ccc1-2. The normalized spacial score (nSPS) is 11.3. The maximum atomic E-state index is 3.08. The summed E-state index contributed by atoms with van der Waals surface area (Å²) in [6, 6.07) is 18.4. The third-order valence-electron chi connectivity index (χ3n) is 2.31. The first-order valence-electron chi connectivity index (χ1n) is 3.98. The summed E-state index contributed by atoms with van der Waals surface area (Å²) in [5.41, 5.74) is 5.31. The highest BCUT2D eigenvalue weighted by Crippen LogP contribution is 2.45. The molecule has 0 saturated heterocycles. The van der Waals surface area contributed by atoms with Crippen molar-refractivity contribution in [3.63, 3.8) is 0 Å². The first-order chi connectivity index (χ1) is 5.97. The Bertz CT molecular complexity index is 341. The zero-order valence-corrected chi connectivity index (χ0v) is 6.46. The van der Waals surface area contributed by atoms with Crippen molar-refractivity contribution in [2.45, 2.75) is 0 Å². The molecule has 12 heavy (non-hydrogen) atoms. The molecular formula is C12H6. The molecule has 2 aromatic rings. The molecule has 0 nitrogen and oxygen atoms in total. The van der Waals surface area contributed by atoms with E-state index in [2.05, 4.69) is 24.3 Å². The molecule has 54 valence electrons. The monoisotopic (exact) mass is 150 g/mol. The number of hydrogen-bond acceptors (Lipinski definition) is 0. The van der Waals surface area contributed by atoms with Crippen LogP contribution in [0.5, 0.6) is 0 Å². The highest BCUT2D eigenvalue weighted by molar-refractivity contribution is 6.01. The molecule has 3 rings (SSSR count). The Kier molecular flexibility index (Phi) is 0.991. The number of hydrogen-bond donors (Lipinski definition) is 0. The van der Waals surface area contributed by atoms with E-state index in [-0.39, 0.29) is 0 Å². The Morgan fingerprint density at radius 3 is 1.67 bits per heavy atom. The van der Waals surface area contributed by atoms with Crippen LogP contribution < -0.4 is 0 Å². The van der Waals surface area contributed by atoms with Gasteiger partial charge >= 0.3 is 0 Å². The molecule has 0 aromatic heterocycles. The third-order valence-corrected chi connectivity index (χ3v) is 2.31. The summed E-state index contributed by atoms with van der Waals surface area (Å²) < 4.78 is 0. The standard InChI is InChI=1S/C12H6/c1-2-6-10-9(5-1)11-7-3-4-8-12(10)11/h1,3,5-8H. The van der Waals surface area contributed by atoms with Gasteiger partial charge in [-0.25, -0.2) is 0 Å². The maximum Gasteiger partial charge on any atom is -0.00926 e. The number of fused-ring (bicyclic) bond motifs is 4. The van der Waals surface area contributed by atoms with E-state index >= 15 is 0 Å². The molecule has 1 aliphatic rings. The van der Waals surface area contributed by atoms with Crippen molar-refractivity contribution in [3.8, 4) is 22.3 Å². The molecule has 0 bridgehead atoms. The van der Waals surface area contributed by atoms with E-state index in [4.69, 9.17) is 0 Å². The quantitative estimate of drug-likeness (QED) is 0.462. The van der Waals surface area contributed by atoms with Crippen molar-refractivity contribution in [2.75, 3.05) is 0 Å². The Labute approximate surface area is 71.5 Å². The predicted octanol–water partition coefficient (Wildman–Crippen LogP) is 2.93. The smallest absolute Gasteiger partial charge is 0.00926 e. The van der Waals surface area contributed by atoms with E-state index in [1.165, 1.54) is 22.3 Å². The highest BCUT2D eigenvalue weighted by atomic mass is 14.2. The van der Waals surface area contributed by atoms with Crippen LogP contribution in [0.4, 0.5) is 0 Å². The van der Waals surface area contributed by atoms with Crippen LogP contribution in [0.25, 0.3) is 22.3 Å². The molecule has 2 radical (unpaired) electrons. The van der Waals surface area contributed by atoms with Gasteiger partial charge in [-0.15, -0.1) is 0 Å². The van der Waals surface area contributed by atoms with Crippen LogP contribution in [0.15, 0.2) is 36.4 Å². The molecule has 0 atom stereocenters. The second kappa shape index (κ2) is 1.98. The molecule has 2 aromatic carbocycles. The lowest BCUT2D eigenvalue weighted by Crippen LogP contribution is -1.96. The summed E-state index contributed by atoms with van der Waals surface area (Å²) >= 11 is 0. The van der Waals surface area contributed by atoms with Gasteiger partial charge in [0.05, 0.1) is 0 Å². The van der Waals surface area contributed by atoms with Crippen LogP contribution in [-0.4, -0.2) is 0 Å². The second-order valence-electron chi connectivity index (χ2n) is 2.94. The third kappa shape index (κ3) is 0.578. The lowest BCUT2D eigenvalue weighted by Gasteiger charge is -2.22. The molecule has 1 aliphatic carbocycles. The fourth-order valence-electron chi connectivity index (χ4n) is 1.71. The molecular weight excluding hydrogens is 144 g/mol. The van der Waals surface area contributed by atoms with Gasteiger partial charge in [-0.2, -0.15) is 0 Å². The number of rotatable bonds is 0. The Hall–Kier alpha value is -1.56. The van der Waals surface area contributed by atoms with E-state index in [9.17, 15) is 0 Å². The van der Waals surface area contributed by atoms with Crippen molar-refractivity contribution in [2.24, 2.45) is 0 Å². The van der Waals surface area contributed by atoms with Crippen LogP contribution in [0.1, 0.15) is 0 Å². The minimum atomic E-state index is 1.31. The fourth-order valence-corrected chi connectivity index (χ4v) is 1.71. The zero-order chi connectivity index (χ0) is 7.97. The van der Waals surface area contributed by atoms with Gasteiger partial charge in [0.2, 0.25) is 0 Å². The van der Waals surface area contributed by atoms with E-state index in [0.717, 1.165) is 0 Å². The lowest BCUT2D eigenvalue weighted by molar-refractivity contribution is 1.51. The average molecular weight is 150 g/mol. The van der Waals surface area contributed by atoms with Crippen LogP contribution in [-0.2, 0) is 0 Å². The molecule has 0 N–H and O–H groups in total. The minimum absolute atomic E-state index is 1.31. The van der Waals surface area contributed by atoms with Crippen molar-refractivity contribution in [1.82, 2.24) is 0 Å². The first kappa shape index (κ1) is 6.01.